The summed E-state index contributed by atoms with van der Waals surface area (Å²) >= 11 is 0. The van der Waals surface area contributed by atoms with E-state index in [1.54, 1.807) is 0 Å². The summed E-state index contributed by atoms with van der Waals surface area (Å²) < 4.78 is 40.4. The van der Waals surface area contributed by atoms with Crippen LogP contribution in [0.1, 0.15) is 32.6 Å². The van der Waals surface area contributed by atoms with Gasteiger partial charge >= 0.3 is 0 Å². The highest BCUT2D eigenvalue weighted by molar-refractivity contribution is 7.89. The van der Waals surface area contributed by atoms with E-state index in [1.807, 2.05) is 0 Å². The molecule has 0 unspecified atom stereocenters. The topological polar surface area (TPSA) is 78.5 Å². The minimum absolute atomic E-state index is 0. The molecule has 1 aromatic carbocycles. The van der Waals surface area contributed by atoms with Crippen molar-refractivity contribution < 1.29 is 17.6 Å². The maximum Gasteiger partial charge on any atom is 0.245 e. The van der Waals surface area contributed by atoms with Crippen LogP contribution in [-0.4, -0.2) is 51.4 Å². The minimum atomic E-state index is -3.86. The van der Waals surface area contributed by atoms with E-state index in [0.29, 0.717) is 19.4 Å². The second kappa shape index (κ2) is 9.52. The van der Waals surface area contributed by atoms with E-state index in [2.05, 4.69) is 17.6 Å². The van der Waals surface area contributed by atoms with E-state index < -0.39 is 15.8 Å². The number of sulfonamides is 1. The predicted molar refractivity (Wildman–Crippen MR) is 108 cm³/mol. The average Bonchev–Trinajstić information content (AvgIpc) is 2.67. The number of carbonyl (C=O) groups is 1. The minimum Gasteiger partial charge on any atom is -0.355 e. The van der Waals surface area contributed by atoms with Gasteiger partial charge in [-0.05, 0) is 56.3 Å². The van der Waals surface area contributed by atoms with Gasteiger partial charge in [-0.25, -0.2) is 12.8 Å². The van der Waals surface area contributed by atoms with Crippen molar-refractivity contribution in [3.63, 3.8) is 0 Å². The summed E-state index contributed by atoms with van der Waals surface area (Å²) in [5, 5.41) is 6.39. The summed E-state index contributed by atoms with van der Waals surface area (Å²) in [6.07, 6.45) is 2.98. The monoisotopic (exact) mass is 433 g/mol. The number of amides is 1. The number of nitrogens with zero attached hydrogens (tertiary/aromatic N) is 1. The van der Waals surface area contributed by atoms with E-state index in [1.165, 1.54) is 22.5 Å². The van der Waals surface area contributed by atoms with E-state index >= 15 is 0 Å². The number of halogens is 2. The van der Waals surface area contributed by atoms with Crippen LogP contribution in [0.15, 0.2) is 29.2 Å². The van der Waals surface area contributed by atoms with E-state index in [4.69, 9.17) is 0 Å². The van der Waals surface area contributed by atoms with Gasteiger partial charge in [-0.3, -0.25) is 4.79 Å². The Morgan fingerprint density at radius 2 is 1.86 bits per heavy atom. The van der Waals surface area contributed by atoms with Crippen LogP contribution in [-0.2, 0) is 14.8 Å². The van der Waals surface area contributed by atoms with Crippen LogP contribution < -0.4 is 10.6 Å². The quantitative estimate of drug-likeness (QED) is 0.745. The Bertz CT molecular complexity index is 776. The van der Waals surface area contributed by atoms with Crippen molar-refractivity contribution in [1.29, 1.82) is 0 Å². The first-order valence-corrected chi connectivity index (χ1v) is 11.0. The molecule has 0 saturated carbocycles. The smallest absolute Gasteiger partial charge is 0.245 e. The molecule has 0 aliphatic carbocycles. The summed E-state index contributed by atoms with van der Waals surface area (Å²) in [5.74, 6) is -0.937. The first kappa shape index (κ1) is 23.1. The molecule has 2 N–H and O–H groups in total. The first-order chi connectivity index (χ1) is 12.8. The zero-order valence-corrected chi connectivity index (χ0v) is 17.8. The maximum atomic E-state index is 13.9. The predicted octanol–water partition coefficient (Wildman–Crippen LogP) is 2.15. The van der Waals surface area contributed by atoms with Gasteiger partial charge in [0.15, 0.2) is 0 Å². The van der Waals surface area contributed by atoms with Gasteiger partial charge in [-0.1, -0.05) is 19.1 Å². The molecule has 1 amide bonds. The van der Waals surface area contributed by atoms with Gasteiger partial charge < -0.3 is 10.6 Å². The van der Waals surface area contributed by atoms with Crippen LogP contribution in [0.2, 0.25) is 0 Å². The highest BCUT2D eigenvalue weighted by Crippen LogP contribution is 2.28. The fraction of sp³-hybridized carbons (Fsp3) is 0.632. The van der Waals surface area contributed by atoms with Crippen LogP contribution in [0.5, 0.6) is 0 Å². The third kappa shape index (κ3) is 5.23. The molecule has 2 fully saturated rings. The molecule has 0 radical (unpaired) electrons. The van der Waals surface area contributed by atoms with Crippen molar-refractivity contribution in [2.75, 3.05) is 32.7 Å². The lowest BCUT2D eigenvalue weighted by molar-refractivity contribution is -0.126. The standard InChI is InChI=1S/C19H28FN3O3S.ClH/c1-19(8-10-21-11-9-19)14-22-18(24)15-6-12-23(13-7-15)27(25,26)17-5-3-2-4-16(17)20;/h2-5,15,21H,6-14H2,1H3,(H,22,24);1H. The molecule has 158 valence electrons. The molecule has 3 rings (SSSR count). The lowest BCUT2D eigenvalue weighted by Gasteiger charge is -2.35. The van der Waals surface area contributed by atoms with Crippen LogP contribution in [0, 0.1) is 17.2 Å². The van der Waals surface area contributed by atoms with E-state index in [9.17, 15) is 17.6 Å². The first-order valence-electron chi connectivity index (χ1n) is 9.55. The Balaban J connectivity index is 0.00000280. The van der Waals surface area contributed by atoms with Crippen molar-refractivity contribution in [3.05, 3.63) is 30.1 Å². The maximum absolute atomic E-state index is 13.9. The van der Waals surface area contributed by atoms with Gasteiger partial charge in [0, 0.05) is 25.6 Å². The van der Waals surface area contributed by atoms with Gasteiger partial charge in [0.25, 0.3) is 0 Å². The average molecular weight is 434 g/mol. The van der Waals surface area contributed by atoms with Gasteiger partial charge in [-0.2, -0.15) is 4.31 Å². The lowest BCUT2D eigenvalue weighted by Crippen LogP contribution is -2.47. The molecule has 2 aliphatic rings. The Morgan fingerprint density at radius 3 is 2.46 bits per heavy atom. The lowest BCUT2D eigenvalue weighted by atomic mass is 9.81. The number of piperidine rings is 2. The molecule has 1 aromatic rings. The molecule has 0 spiro atoms. The number of hydrogen-bond donors (Lipinski definition) is 2. The van der Waals surface area contributed by atoms with Crippen molar-refractivity contribution in [3.8, 4) is 0 Å². The van der Waals surface area contributed by atoms with Crippen LogP contribution in [0.25, 0.3) is 0 Å². The molecule has 6 nitrogen and oxygen atoms in total. The van der Waals surface area contributed by atoms with Crippen LogP contribution in [0.3, 0.4) is 0 Å². The molecule has 0 atom stereocenters. The number of nitrogens with one attached hydrogen (secondary N) is 2. The Kier molecular flexibility index (Phi) is 7.84. The van der Waals surface area contributed by atoms with Gasteiger partial charge in [-0.15, -0.1) is 12.4 Å². The summed E-state index contributed by atoms with van der Waals surface area (Å²) in [7, 11) is -3.86. The summed E-state index contributed by atoms with van der Waals surface area (Å²) in [5.41, 5.74) is 0.121. The van der Waals surface area contributed by atoms with E-state index in [-0.39, 0.29) is 47.6 Å². The van der Waals surface area contributed by atoms with Crippen LogP contribution >= 0.6 is 12.4 Å². The van der Waals surface area contributed by atoms with Gasteiger partial charge in [0.2, 0.25) is 15.9 Å². The number of hydrogen-bond acceptors (Lipinski definition) is 4. The highest BCUT2D eigenvalue weighted by atomic mass is 35.5. The van der Waals surface area contributed by atoms with Crippen molar-refractivity contribution in [2.45, 2.75) is 37.5 Å². The Labute approximate surface area is 172 Å². The van der Waals surface area contributed by atoms with Crippen molar-refractivity contribution in [2.24, 2.45) is 11.3 Å². The molecule has 2 heterocycles. The Morgan fingerprint density at radius 1 is 1.25 bits per heavy atom. The molecule has 9 heteroatoms. The van der Waals surface area contributed by atoms with Crippen molar-refractivity contribution >= 4 is 28.3 Å². The normalized spacial score (nSPS) is 20.9. The molecule has 28 heavy (non-hydrogen) atoms. The molecule has 2 aliphatic heterocycles. The van der Waals surface area contributed by atoms with Gasteiger partial charge in [0.05, 0.1) is 0 Å². The van der Waals surface area contributed by atoms with Crippen LogP contribution in [0.4, 0.5) is 4.39 Å². The zero-order valence-electron chi connectivity index (χ0n) is 16.1. The summed E-state index contributed by atoms with van der Waals surface area (Å²) in [6.45, 7) is 5.25. The number of benzene rings is 1. The molecule has 0 bridgehead atoms. The zero-order chi connectivity index (χ0) is 19.5. The second-order valence-corrected chi connectivity index (χ2v) is 9.79. The summed E-state index contributed by atoms with van der Waals surface area (Å²) in [6, 6.07) is 5.41. The molecular weight excluding hydrogens is 405 g/mol. The molecule has 0 aromatic heterocycles. The molecule has 2 saturated heterocycles. The largest absolute Gasteiger partial charge is 0.355 e. The fourth-order valence-corrected chi connectivity index (χ4v) is 5.34. The number of rotatable bonds is 5. The van der Waals surface area contributed by atoms with E-state index in [0.717, 1.165) is 32.0 Å². The fourth-order valence-electron chi connectivity index (χ4n) is 3.80. The SMILES string of the molecule is CC1(CNC(=O)C2CCN(S(=O)(=O)c3ccccc3F)CC2)CCNCC1.Cl. The van der Waals surface area contributed by atoms with Gasteiger partial charge in [0.1, 0.15) is 10.7 Å². The second-order valence-electron chi connectivity index (χ2n) is 7.89. The summed E-state index contributed by atoms with van der Waals surface area (Å²) in [4.78, 5) is 12.2. The third-order valence-electron chi connectivity index (χ3n) is 5.78. The number of carbonyl (C=O) groups excluding carboxylic acids is 1. The highest BCUT2D eigenvalue weighted by Gasteiger charge is 2.34. The van der Waals surface area contributed by atoms with Crippen molar-refractivity contribution in [1.82, 2.24) is 14.9 Å². The molecular formula is C19H29ClFN3O3S. The Hall–Kier alpha value is -1.22. The third-order valence-corrected chi connectivity index (χ3v) is 7.71.